The van der Waals surface area contributed by atoms with Gasteiger partial charge in [0, 0.05) is 31.9 Å². The molecule has 0 radical (unpaired) electrons. The average molecular weight is 387 g/mol. The molecule has 0 atom stereocenters. The Morgan fingerprint density at radius 3 is 2.62 bits per heavy atom. The number of piperazine rings is 1. The van der Waals surface area contributed by atoms with E-state index in [0.29, 0.717) is 11.5 Å². The summed E-state index contributed by atoms with van der Waals surface area (Å²) in [5.41, 5.74) is 2.44. The van der Waals surface area contributed by atoms with Crippen molar-refractivity contribution in [3.63, 3.8) is 0 Å². The predicted octanol–water partition coefficient (Wildman–Crippen LogP) is 2.82. The monoisotopic (exact) mass is 387 g/mol. The van der Waals surface area contributed by atoms with E-state index in [-0.39, 0.29) is 0 Å². The van der Waals surface area contributed by atoms with Crippen LogP contribution in [0.5, 0.6) is 5.75 Å². The van der Waals surface area contributed by atoms with Gasteiger partial charge in [0.2, 0.25) is 5.95 Å². The molecule has 8 heteroatoms. The molecule has 0 spiro atoms. The van der Waals surface area contributed by atoms with E-state index in [1.54, 1.807) is 25.4 Å². The third kappa shape index (κ3) is 4.19. The van der Waals surface area contributed by atoms with Crippen LogP contribution in [0.4, 0.5) is 23.1 Å². The number of methoxy groups -OCH3 is 1. The first-order chi connectivity index (χ1) is 14.3. The summed E-state index contributed by atoms with van der Waals surface area (Å²) in [6.07, 6.45) is 1.68. The summed E-state index contributed by atoms with van der Waals surface area (Å²) < 4.78 is 5.48. The SMILES string of the molecule is COc1ccccc1N1CCN(c2cnnc(Nc3cccc(C#N)c3)n2)CC1. The van der Waals surface area contributed by atoms with Crippen LogP contribution in [0.1, 0.15) is 5.56 Å². The Balaban J connectivity index is 1.44. The van der Waals surface area contributed by atoms with Gasteiger partial charge >= 0.3 is 0 Å². The molecule has 1 fully saturated rings. The maximum absolute atomic E-state index is 9.04. The van der Waals surface area contributed by atoms with Gasteiger partial charge in [0.05, 0.1) is 30.6 Å². The molecule has 8 nitrogen and oxygen atoms in total. The Kier molecular flexibility index (Phi) is 5.38. The first kappa shape index (κ1) is 18.5. The van der Waals surface area contributed by atoms with Crippen LogP contribution in [0, 0.1) is 11.3 Å². The average Bonchev–Trinajstić information content (AvgIpc) is 2.79. The number of hydrogen-bond donors (Lipinski definition) is 1. The van der Waals surface area contributed by atoms with Gasteiger partial charge in [0.15, 0.2) is 5.82 Å². The number of aromatic nitrogens is 3. The van der Waals surface area contributed by atoms with Crippen LogP contribution < -0.4 is 19.9 Å². The van der Waals surface area contributed by atoms with E-state index >= 15 is 0 Å². The quantitative estimate of drug-likeness (QED) is 0.715. The summed E-state index contributed by atoms with van der Waals surface area (Å²) >= 11 is 0. The van der Waals surface area contributed by atoms with Crippen molar-refractivity contribution in [3.8, 4) is 11.8 Å². The Labute approximate surface area is 169 Å². The number of rotatable bonds is 5. The van der Waals surface area contributed by atoms with Gasteiger partial charge in [-0.05, 0) is 30.3 Å². The third-order valence-electron chi connectivity index (χ3n) is 4.82. The lowest BCUT2D eigenvalue weighted by atomic mass is 10.2. The molecule has 1 N–H and O–H groups in total. The highest BCUT2D eigenvalue weighted by Gasteiger charge is 2.21. The van der Waals surface area contributed by atoms with E-state index in [1.165, 1.54) is 0 Å². The summed E-state index contributed by atoms with van der Waals surface area (Å²) in [6.45, 7) is 3.36. The fraction of sp³-hybridized carbons (Fsp3) is 0.238. The van der Waals surface area contributed by atoms with E-state index in [2.05, 4.69) is 42.4 Å². The first-order valence-corrected chi connectivity index (χ1v) is 9.36. The van der Waals surface area contributed by atoms with Crippen molar-refractivity contribution in [1.82, 2.24) is 15.2 Å². The lowest BCUT2D eigenvalue weighted by Gasteiger charge is -2.37. The van der Waals surface area contributed by atoms with Crippen molar-refractivity contribution in [1.29, 1.82) is 5.26 Å². The van der Waals surface area contributed by atoms with Crippen LogP contribution in [0.2, 0.25) is 0 Å². The highest BCUT2D eigenvalue weighted by molar-refractivity contribution is 5.60. The van der Waals surface area contributed by atoms with Gasteiger partial charge in [0.1, 0.15) is 5.75 Å². The molecular weight excluding hydrogens is 366 g/mol. The molecule has 1 aliphatic heterocycles. The van der Waals surface area contributed by atoms with E-state index in [4.69, 9.17) is 10.00 Å². The number of hydrogen-bond acceptors (Lipinski definition) is 8. The topological polar surface area (TPSA) is 90.2 Å². The molecule has 1 aliphatic rings. The molecule has 0 saturated carbocycles. The van der Waals surface area contributed by atoms with Crippen molar-refractivity contribution in [2.75, 3.05) is 48.4 Å². The van der Waals surface area contributed by atoms with E-state index in [0.717, 1.165) is 49.1 Å². The van der Waals surface area contributed by atoms with Crippen LogP contribution in [-0.4, -0.2) is 48.5 Å². The van der Waals surface area contributed by atoms with Crippen molar-refractivity contribution < 1.29 is 4.74 Å². The maximum Gasteiger partial charge on any atom is 0.249 e. The molecular formula is C21H21N7O. The van der Waals surface area contributed by atoms with Crippen LogP contribution in [0.3, 0.4) is 0 Å². The van der Waals surface area contributed by atoms with Gasteiger partial charge < -0.3 is 19.9 Å². The number of nitrogens with zero attached hydrogens (tertiary/aromatic N) is 6. The molecule has 0 bridgehead atoms. The molecule has 2 heterocycles. The summed E-state index contributed by atoms with van der Waals surface area (Å²) in [5.74, 6) is 2.07. The summed E-state index contributed by atoms with van der Waals surface area (Å²) in [5, 5.41) is 20.3. The van der Waals surface area contributed by atoms with Crippen molar-refractivity contribution in [3.05, 3.63) is 60.3 Å². The fourth-order valence-corrected chi connectivity index (χ4v) is 3.36. The number of nitriles is 1. The lowest BCUT2D eigenvalue weighted by molar-refractivity contribution is 0.413. The van der Waals surface area contributed by atoms with Gasteiger partial charge in [-0.25, -0.2) is 0 Å². The van der Waals surface area contributed by atoms with Crippen LogP contribution >= 0.6 is 0 Å². The Morgan fingerprint density at radius 1 is 1.03 bits per heavy atom. The lowest BCUT2D eigenvalue weighted by Crippen LogP contribution is -2.47. The molecule has 0 amide bonds. The van der Waals surface area contributed by atoms with Gasteiger partial charge in [0.25, 0.3) is 0 Å². The summed E-state index contributed by atoms with van der Waals surface area (Å²) in [4.78, 5) is 9.10. The van der Waals surface area contributed by atoms with Gasteiger partial charge in [-0.3, -0.25) is 0 Å². The number of benzene rings is 2. The molecule has 3 aromatic rings. The van der Waals surface area contributed by atoms with E-state index < -0.39 is 0 Å². The second kappa shape index (κ2) is 8.44. The van der Waals surface area contributed by atoms with E-state index in [9.17, 15) is 0 Å². The highest BCUT2D eigenvalue weighted by atomic mass is 16.5. The van der Waals surface area contributed by atoms with Gasteiger partial charge in [-0.15, -0.1) is 5.10 Å². The normalized spacial score (nSPS) is 13.7. The standard InChI is InChI=1S/C21H21N7O/c1-29-19-8-3-2-7-18(19)27-9-11-28(12-10-27)20-15-23-26-21(25-20)24-17-6-4-5-16(13-17)14-22/h2-8,13,15H,9-12H2,1H3,(H,24,25,26). The molecule has 0 aliphatic carbocycles. The zero-order valence-corrected chi connectivity index (χ0v) is 16.1. The minimum absolute atomic E-state index is 0.407. The highest BCUT2D eigenvalue weighted by Crippen LogP contribution is 2.29. The maximum atomic E-state index is 9.04. The molecule has 1 aromatic heterocycles. The molecule has 4 rings (SSSR count). The smallest absolute Gasteiger partial charge is 0.249 e. The molecule has 2 aromatic carbocycles. The Bertz CT molecular complexity index is 1030. The zero-order valence-electron chi connectivity index (χ0n) is 16.1. The molecule has 146 valence electrons. The van der Waals surface area contributed by atoms with Crippen LogP contribution in [-0.2, 0) is 0 Å². The summed E-state index contributed by atoms with van der Waals surface area (Å²) in [6, 6.07) is 17.4. The Morgan fingerprint density at radius 2 is 1.83 bits per heavy atom. The van der Waals surface area contributed by atoms with E-state index in [1.807, 2.05) is 30.3 Å². The predicted molar refractivity (Wildman–Crippen MR) is 112 cm³/mol. The second-order valence-corrected chi connectivity index (χ2v) is 6.60. The van der Waals surface area contributed by atoms with Crippen LogP contribution in [0.15, 0.2) is 54.7 Å². The minimum atomic E-state index is 0.407. The molecule has 29 heavy (non-hydrogen) atoms. The number of anilines is 4. The zero-order chi connectivity index (χ0) is 20.1. The van der Waals surface area contributed by atoms with Crippen molar-refractivity contribution >= 4 is 23.1 Å². The largest absolute Gasteiger partial charge is 0.495 e. The number of para-hydroxylation sites is 2. The third-order valence-corrected chi connectivity index (χ3v) is 4.82. The Hall–Kier alpha value is -3.86. The fourth-order valence-electron chi connectivity index (χ4n) is 3.36. The van der Waals surface area contributed by atoms with Gasteiger partial charge in [-0.2, -0.15) is 15.3 Å². The number of ether oxygens (including phenoxy) is 1. The molecule has 1 saturated heterocycles. The number of nitrogens with one attached hydrogen (secondary N) is 1. The van der Waals surface area contributed by atoms with Crippen molar-refractivity contribution in [2.45, 2.75) is 0 Å². The second-order valence-electron chi connectivity index (χ2n) is 6.60. The van der Waals surface area contributed by atoms with Crippen molar-refractivity contribution in [2.24, 2.45) is 0 Å². The summed E-state index contributed by atoms with van der Waals surface area (Å²) in [7, 11) is 1.70. The minimum Gasteiger partial charge on any atom is -0.495 e. The van der Waals surface area contributed by atoms with Gasteiger partial charge in [-0.1, -0.05) is 18.2 Å². The molecule has 0 unspecified atom stereocenters. The first-order valence-electron chi connectivity index (χ1n) is 9.36. The van der Waals surface area contributed by atoms with Crippen LogP contribution in [0.25, 0.3) is 0 Å².